The molecule has 1 unspecified atom stereocenters. The first kappa shape index (κ1) is 15.3. The van der Waals surface area contributed by atoms with Crippen LogP contribution < -0.4 is 5.32 Å². The molecule has 0 saturated heterocycles. The lowest BCUT2D eigenvalue weighted by molar-refractivity contribution is -0.291. The molecule has 0 bridgehead atoms. The van der Waals surface area contributed by atoms with E-state index in [0.717, 1.165) is 7.05 Å². The molecule has 0 fully saturated rings. The monoisotopic (exact) mass is 291 g/mol. The van der Waals surface area contributed by atoms with Gasteiger partial charge in [0.05, 0.1) is 0 Å². The average Bonchev–Trinajstić information content (AvgIpc) is 2.64. The van der Waals surface area contributed by atoms with Crippen molar-refractivity contribution in [2.24, 2.45) is 5.92 Å². The zero-order valence-corrected chi connectivity index (χ0v) is 10.1. The highest BCUT2D eigenvalue weighted by Gasteiger charge is 2.59. The standard InChI is InChI=1S/C10H11F6NS/c1-17-7(4-6-2-3-18-5-6)8(9(11,12)13)10(14,15)16/h2-3,5,7-8,17H,4H2,1H3. The molecule has 1 N–H and O–H groups in total. The predicted octanol–water partition coefficient (Wildman–Crippen LogP) is 3.62. The molecule has 1 rings (SSSR count). The molecule has 0 aliphatic heterocycles. The number of hydrogen-bond donors (Lipinski definition) is 1. The first-order chi connectivity index (χ1) is 8.16. The van der Waals surface area contributed by atoms with E-state index in [-0.39, 0.29) is 6.42 Å². The van der Waals surface area contributed by atoms with Gasteiger partial charge in [-0.15, -0.1) is 0 Å². The number of alkyl halides is 6. The van der Waals surface area contributed by atoms with Crippen LogP contribution in [0.25, 0.3) is 0 Å². The van der Waals surface area contributed by atoms with Crippen molar-refractivity contribution in [2.45, 2.75) is 24.8 Å². The minimum absolute atomic E-state index is 0.316. The van der Waals surface area contributed by atoms with Crippen LogP contribution in [0.3, 0.4) is 0 Å². The molecule has 0 saturated carbocycles. The van der Waals surface area contributed by atoms with Gasteiger partial charge in [0.1, 0.15) is 0 Å². The van der Waals surface area contributed by atoms with Gasteiger partial charge in [-0.25, -0.2) is 0 Å². The lowest BCUT2D eigenvalue weighted by atomic mass is 9.93. The van der Waals surface area contributed by atoms with Crippen molar-refractivity contribution in [3.63, 3.8) is 0 Å². The van der Waals surface area contributed by atoms with Gasteiger partial charge < -0.3 is 5.32 Å². The maximum absolute atomic E-state index is 12.5. The summed E-state index contributed by atoms with van der Waals surface area (Å²) in [7, 11) is 1.10. The summed E-state index contributed by atoms with van der Waals surface area (Å²) in [5.74, 6) is -3.37. The molecule has 1 atom stereocenters. The van der Waals surface area contributed by atoms with Gasteiger partial charge in [-0.2, -0.15) is 37.7 Å². The Morgan fingerprint density at radius 3 is 2.06 bits per heavy atom. The van der Waals surface area contributed by atoms with E-state index in [2.05, 4.69) is 5.32 Å². The fourth-order valence-corrected chi connectivity index (χ4v) is 2.37. The third-order valence-electron chi connectivity index (χ3n) is 2.51. The molecule has 1 nitrogen and oxygen atoms in total. The summed E-state index contributed by atoms with van der Waals surface area (Å²) in [6.45, 7) is 0. The molecule has 1 heterocycles. The number of nitrogens with one attached hydrogen (secondary N) is 1. The Morgan fingerprint density at radius 2 is 1.72 bits per heavy atom. The van der Waals surface area contributed by atoms with Crippen LogP contribution in [0, 0.1) is 5.92 Å². The molecule has 18 heavy (non-hydrogen) atoms. The van der Waals surface area contributed by atoms with Crippen LogP contribution in [-0.4, -0.2) is 25.4 Å². The fraction of sp³-hybridized carbons (Fsp3) is 0.600. The maximum Gasteiger partial charge on any atom is 0.402 e. The number of likely N-dealkylation sites (N-methyl/N-ethyl adjacent to an activating group) is 1. The first-order valence-corrected chi connectivity index (χ1v) is 5.92. The minimum atomic E-state index is -5.32. The first-order valence-electron chi connectivity index (χ1n) is 4.98. The Morgan fingerprint density at radius 1 is 1.17 bits per heavy atom. The summed E-state index contributed by atoms with van der Waals surface area (Å²) in [6, 6.07) is -0.210. The van der Waals surface area contributed by atoms with E-state index in [1.165, 1.54) is 22.8 Å². The Bertz CT molecular complexity index is 341. The predicted molar refractivity (Wildman–Crippen MR) is 56.5 cm³/mol. The third-order valence-corrected chi connectivity index (χ3v) is 3.25. The highest BCUT2D eigenvalue weighted by atomic mass is 32.1. The van der Waals surface area contributed by atoms with Crippen molar-refractivity contribution in [2.75, 3.05) is 7.05 Å². The van der Waals surface area contributed by atoms with E-state index in [0.29, 0.717) is 5.56 Å². The highest BCUT2D eigenvalue weighted by Crippen LogP contribution is 2.42. The molecule has 104 valence electrons. The summed E-state index contributed by atoms with van der Waals surface area (Å²) in [5, 5.41) is 5.26. The smallest absolute Gasteiger partial charge is 0.316 e. The summed E-state index contributed by atoms with van der Waals surface area (Å²) < 4.78 is 75.1. The quantitative estimate of drug-likeness (QED) is 0.835. The molecule has 0 spiro atoms. The van der Waals surface area contributed by atoms with Crippen molar-refractivity contribution in [1.82, 2.24) is 5.32 Å². The van der Waals surface area contributed by atoms with Crippen LogP contribution in [0.2, 0.25) is 0 Å². The van der Waals surface area contributed by atoms with E-state index in [9.17, 15) is 26.3 Å². The zero-order chi connectivity index (χ0) is 14.0. The normalized spacial score (nSPS) is 15.1. The van der Waals surface area contributed by atoms with Gasteiger partial charge in [0.2, 0.25) is 0 Å². The second-order valence-electron chi connectivity index (χ2n) is 3.79. The largest absolute Gasteiger partial charge is 0.402 e. The Balaban J connectivity index is 2.95. The zero-order valence-electron chi connectivity index (χ0n) is 9.27. The molecule has 0 aromatic carbocycles. The van der Waals surface area contributed by atoms with E-state index in [4.69, 9.17) is 0 Å². The second-order valence-corrected chi connectivity index (χ2v) is 4.57. The SMILES string of the molecule is CNC(Cc1ccsc1)C(C(F)(F)F)C(F)(F)F. The van der Waals surface area contributed by atoms with Crippen LogP contribution in [0.1, 0.15) is 5.56 Å². The average molecular weight is 291 g/mol. The molecule has 0 radical (unpaired) electrons. The van der Waals surface area contributed by atoms with Crippen molar-refractivity contribution in [3.8, 4) is 0 Å². The van der Waals surface area contributed by atoms with Gasteiger partial charge in [-0.05, 0) is 35.9 Å². The van der Waals surface area contributed by atoms with Crippen molar-refractivity contribution < 1.29 is 26.3 Å². The van der Waals surface area contributed by atoms with E-state index in [1.54, 1.807) is 5.38 Å². The summed E-state index contributed by atoms with van der Waals surface area (Å²) in [5.41, 5.74) is 0.456. The van der Waals surface area contributed by atoms with Crippen molar-refractivity contribution >= 4 is 11.3 Å². The Hall–Kier alpha value is -0.760. The van der Waals surface area contributed by atoms with Gasteiger partial charge in [0, 0.05) is 6.04 Å². The summed E-state index contributed by atoms with van der Waals surface area (Å²) in [6.07, 6.45) is -11.0. The second kappa shape index (κ2) is 5.48. The van der Waals surface area contributed by atoms with E-state index in [1.807, 2.05) is 0 Å². The molecular weight excluding hydrogens is 280 g/mol. The van der Waals surface area contributed by atoms with Crippen LogP contribution in [-0.2, 0) is 6.42 Å². The molecule has 1 aromatic heterocycles. The molecule has 1 aromatic rings. The number of halogens is 6. The summed E-state index contributed by atoms with van der Waals surface area (Å²) >= 11 is 1.23. The van der Waals surface area contributed by atoms with Crippen LogP contribution in [0.5, 0.6) is 0 Å². The minimum Gasteiger partial charge on any atom is -0.316 e. The molecule has 0 aliphatic rings. The molecule has 0 aliphatic carbocycles. The number of rotatable bonds is 4. The van der Waals surface area contributed by atoms with Gasteiger partial charge in [-0.1, -0.05) is 0 Å². The maximum atomic E-state index is 12.5. The van der Waals surface area contributed by atoms with Gasteiger partial charge in [0.25, 0.3) is 0 Å². The van der Waals surface area contributed by atoms with Crippen LogP contribution >= 0.6 is 11.3 Å². The van der Waals surface area contributed by atoms with Crippen molar-refractivity contribution in [3.05, 3.63) is 22.4 Å². The topological polar surface area (TPSA) is 12.0 Å². The lowest BCUT2D eigenvalue weighted by Gasteiger charge is -2.30. The van der Waals surface area contributed by atoms with Crippen molar-refractivity contribution in [1.29, 1.82) is 0 Å². The number of hydrogen-bond acceptors (Lipinski definition) is 2. The molecule has 8 heteroatoms. The van der Waals surface area contributed by atoms with E-state index < -0.39 is 24.3 Å². The van der Waals surface area contributed by atoms with Crippen LogP contribution in [0.15, 0.2) is 16.8 Å². The molecule has 0 amide bonds. The van der Waals surface area contributed by atoms with Crippen LogP contribution in [0.4, 0.5) is 26.3 Å². The van der Waals surface area contributed by atoms with Gasteiger partial charge >= 0.3 is 12.4 Å². The fourth-order valence-electron chi connectivity index (χ4n) is 1.69. The van der Waals surface area contributed by atoms with Gasteiger partial charge in [0.15, 0.2) is 5.92 Å². The molecular formula is C10H11F6NS. The highest BCUT2D eigenvalue weighted by molar-refractivity contribution is 7.07. The summed E-state index contributed by atoms with van der Waals surface area (Å²) in [4.78, 5) is 0. The number of thiophene rings is 1. The Kier molecular flexibility index (Phi) is 4.66. The van der Waals surface area contributed by atoms with Gasteiger partial charge in [-0.3, -0.25) is 0 Å². The van der Waals surface area contributed by atoms with E-state index >= 15 is 0 Å². The Labute approximate surface area is 104 Å². The lowest BCUT2D eigenvalue weighted by Crippen LogP contribution is -2.51. The third kappa shape index (κ3) is 3.88.